The Hall–Kier alpha value is -1.67. The van der Waals surface area contributed by atoms with Crippen molar-refractivity contribution in [3.63, 3.8) is 0 Å². The number of halogens is 1. The van der Waals surface area contributed by atoms with Crippen molar-refractivity contribution in [2.75, 3.05) is 25.1 Å². The van der Waals surface area contributed by atoms with Gasteiger partial charge in [-0.1, -0.05) is 17.7 Å². The third-order valence-electron chi connectivity index (χ3n) is 2.85. The van der Waals surface area contributed by atoms with E-state index in [0.717, 1.165) is 0 Å². The van der Waals surface area contributed by atoms with Gasteiger partial charge in [0.05, 0.1) is 17.3 Å². The van der Waals surface area contributed by atoms with E-state index in [1.165, 1.54) is 11.3 Å². The number of hydrogen-bond donors (Lipinski definition) is 2. The van der Waals surface area contributed by atoms with Crippen molar-refractivity contribution >= 4 is 34.5 Å². The summed E-state index contributed by atoms with van der Waals surface area (Å²) in [5.41, 5.74) is 6.31. The van der Waals surface area contributed by atoms with Crippen LogP contribution in [-0.2, 0) is 11.3 Å². The Labute approximate surface area is 143 Å². The van der Waals surface area contributed by atoms with Crippen LogP contribution in [0.5, 0.6) is 5.75 Å². The normalized spacial score (nSPS) is 10.6. The largest absolute Gasteiger partial charge is 0.487 e. The number of amides is 1. The second-order valence-electron chi connectivity index (χ2n) is 4.45. The maximum atomic E-state index is 12.3. The first-order chi connectivity index (χ1) is 11.2. The lowest BCUT2D eigenvalue weighted by atomic mass is 10.2. The van der Waals surface area contributed by atoms with E-state index in [4.69, 9.17) is 26.8 Å². The molecule has 0 unspecified atom stereocenters. The van der Waals surface area contributed by atoms with Crippen LogP contribution in [-0.4, -0.2) is 30.7 Å². The van der Waals surface area contributed by atoms with Crippen LogP contribution in [0.15, 0.2) is 23.6 Å². The molecule has 0 saturated carbocycles. The van der Waals surface area contributed by atoms with Gasteiger partial charge in [-0.15, -0.1) is 11.3 Å². The van der Waals surface area contributed by atoms with Gasteiger partial charge in [0.1, 0.15) is 17.3 Å². The molecule has 0 aliphatic heterocycles. The minimum atomic E-state index is -0.335. The molecule has 1 heterocycles. The number of aromatic nitrogens is 1. The molecule has 0 bridgehead atoms. The number of carbonyl (C=O) groups is 1. The van der Waals surface area contributed by atoms with Crippen LogP contribution in [0.1, 0.15) is 22.4 Å². The van der Waals surface area contributed by atoms with Crippen LogP contribution in [0.2, 0.25) is 5.02 Å². The fourth-order valence-corrected chi connectivity index (χ4v) is 2.68. The zero-order valence-corrected chi connectivity index (χ0v) is 14.2. The highest BCUT2D eigenvalue weighted by atomic mass is 35.5. The van der Waals surface area contributed by atoms with Crippen molar-refractivity contribution in [2.45, 2.75) is 13.5 Å². The zero-order valence-electron chi connectivity index (χ0n) is 12.7. The maximum absolute atomic E-state index is 12.3. The fourth-order valence-electron chi connectivity index (χ4n) is 1.80. The SMILES string of the molecule is CCOCCOc1c(Cl)cccc1NC(=O)c1csc(CN)n1. The first kappa shape index (κ1) is 17.7. The highest BCUT2D eigenvalue weighted by molar-refractivity contribution is 7.09. The van der Waals surface area contributed by atoms with Gasteiger partial charge in [0.15, 0.2) is 5.75 Å². The molecule has 1 amide bonds. The summed E-state index contributed by atoms with van der Waals surface area (Å²) in [6, 6.07) is 5.15. The van der Waals surface area contributed by atoms with Gasteiger partial charge in [0, 0.05) is 18.5 Å². The van der Waals surface area contributed by atoms with Crippen molar-refractivity contribution < 1.29 is 14.3 Å². The minimum absolute atomic E-state index is 0.306. The summed E-state index contributed by atoms with van der Waals surface area (Å²) >= 11 is 7.50. The van der Waals surface area contributed by atoms with Gasteiger partial charge in [0.25, 0.3) is 5.91 Å². The Bertz CT molecular complexity index is 663. The van der Waals surface area contributed by atoms with E-state index < -0.39 is 0 Å². The second-order valence-corrected chi connectivity index (χ2v) is 5.80. The van der Waals surface area contributed by atoms with Crippen molar-refractivity contribution in [1.29, 1.82) is 0 Å². The van der Waals surface area contributed by atoms with Crippen LogP contribution in [0.4, 0.5) is 5.69 Å². The smallest absolute Gasteiger partial charge is 0.275 e. The van der Waals surface area contributed by atoms with Gasteiger partial charge in [-0.05, 0) is 19.1 Å². The van der Waals surface area contributed by atoms with Crippen LogP contribution < -0.4 is 15.8 Å². The summed E-state index contributed by atoms with van der Waals surface area (Å²) in [5.74, 6) is 0.0781. The predicted molar refractivity (Wildman–Crippen MR) is 91.4 cm³/mol. The molecule has 23 heavy (non-hydrogen) atoms. The molecule has 0 atom stereocenters. The molecule has 0 spiro atoms. The molecule has 3 N–H and O–H groups in total. The average Bonchev–Trinajstić information content (AvgIpc) is 3.03. The van der Waals surface area contributed by atoms with E-state index >= 15 is 0 Å². The summed E-state index contributed by atoms with van der Waals surface area (Å²) in [5, 5.41) is 5.54. The van der Waals surface area contributed by atoms with Crippen molar-refractivity contribution in [1.82, 2.24) is 4.98 Å². The monoisotopic (exact) mass is 355 g/mol. The van der Waals surface area contributed by atoms with E-state index in [-0.39, 0.29) is 5.91 Å². The number of ether oxygens (including phenoxy) is 2. The zero-order chi connectivity index (χ0) is 16.7. The van der Waals surface area contributed by atoms with E-state index in [1.54, 1.807) is 23.6 Å². The van der Waals surface area contributed by atoms with Gasteiger partial charge in [-0.25, -0.2) is 4.98 Å². The van der Waals surface area contributed by atoms with Crippen LogP contribution in [0.3, 0.4) is 0 Å². The van der Waals surface area contributed by atoms with Gasteiger partial charge in [0.2, 0.25) is 0 Å². The first-order valence-electron chi connectivity index (χ1n) is 7.10. The molecule has 6 nitrogen and oxygen atoms in total. The average molecular weight is 356 g/mol. The Morgan fingerprint density at radius 1 is 1.43 bits per heavy atom. The maximum Gasteiger partial charge on any atom is 0.275 e. The highest BCUT2D eigenvalue weighted by Crippen LogP contribution is 2.33. The van der Waals surface area contributed by atoms with Crippen molar-refractivity contribution in [3.8, 4) is 5.75 Å². The van der Waals surface area contributed by atoms with Crippen LogP contribution in [0, 0.1) is 0 Å². The third-order valence-corrected chi connectivity index (χ3v) is 4.02. The highest BCUT2D eigenvalue weighted by Gasteiger charge is 2.15. The van der Waals surface area contributed by atoms with Crippen molar-refractivity contribution in [3.05, 3.63) is 39.3 Å². The number of thiazole rings is 1. The molecule has 1 aromatic heterocycles. The number of anilines is 1. The Balaban J connectivity index is 2.09. The summed E-state index contributed by atoms with van der Waals surface area (Å²) in [6.45, 7) is 3.61. The number of benzene rings is 1. The van der Waals surface area contributed by atoms with Gasteiger partial charge >= 0.3 is 0 Å². The lowest BCUT2D eigenvalue weighted by Gasteiger charge is -2.13. The number of nitrogens with one attached hydrogen (secondary N) is 1. The van der Waals surface area contributed by atoms with E-state index in [1.807, 2.05) is 6.92 Å². The Morgan fingerprint density at radius 3 is 2.96 bits per heavy atom. The van der Waals surface area contributed by atoms with Crippen molar-refractivity contribution in [2.24, 2.45) is 5.73 Å². The standard InChI is InChI=1S/C15H18ClN3O3S/c1-2-21-6-7-22-14-10(16)4-3-5-11(14)19-15(20)12-9-23-13(8-17)18-12/h3-5,9H,2,6-8,17H2,1H3,(H,19,20). The second kappa shape index (κ2) is 8.83. The Kier molecular flexibility index (Phi) is 6.79. The number of rotatable bonds is 8. The number of nitrogens with two attached hydrogens (primary N) is 1. The molecule has 2 aromatic rings. The molecular formula is C15H18ClN3O3S. The van der Waals surface area contributed by atoms with Crippen LogP contribution >= 0.6 is 22.9 Å². The number of carbonyl (C=O) groups excluding carboxylic acids is 1. The summed E-state index contributed by atoms with van der Waals surface area (Å²) in [4.78, 5) is 16.4. The predicted octanol–water partition coefficient (Wildman–Crippen LogP) is 2.92. The molecule has 124 valence electrons. The third kappa shape index (κ3) is 4.90. The number of hydrogen-bond acceptors (Lipinski definition) is 6. The fraction of sp³-hybridized carbons (Fsp3) is 0.333. The van der Waals surface area contributed by atoms with E-state index in [9.17, 15) is 4.79 Å². The first-order valence-corrected chi connectivity index (χ1v) is 8.36. The van der Waals surface area contributed by atoms with Gasteiger partial charge in [-0.3, -0.25) is 4.79 Å². The summed E-state index contributed by atoms with van der Waals surface area (Å²) in [6.07, 6.45) is 0. The molecule has 8 heteroatoms. The molecule has 2 rings (SSSR count). The van der Waals surface area contributed by atoms with Gasteiger partial charge in [-0.2, -0.15) is 0 Å². The minimum Gasteiger partial charge on any atom is -0.487 e. The molecule has 0 radical (unpaired) electrons. The topological polar surface area (TPSA) is 86.5 Å². The molecule has 1 aromatic carbocycles. The quantitative estimate of drug-likeness (QED) is 0.711. The number of para-hydroxylation sites is 1. The lowest BCUT2D eigenvalue weighted by molar-refractivity contribution is 0.102. The molecule has 0 fully saturated rings. The van der Waals surface area contributed by atoms with Gasteiger partial charge < -0.3 is 20.5 Å². The molecule has 0 aliphatic carbocycles. The lowest BCUT2D eigenvalue weighted by Crippen LogP contribution is -2.15. The van der Waals surface area contributed by atoms with Crippen LogP contribution in [0.25, 0.3) is 0 Å². The number of nitrogens with zero attached hydrogens (tertiary/aromatic N) is 1. The Morgan fingerprint density at radius 2 is 2.26 bits per heavy atom. The van der Waals surface area contributed by atoms with E-state index in [2.05, 4.69) is 10.3 Å². The summed E-state index contributed by atoms with van der Waals surface area (Å²) < 4.78 is 10.8. The molecule has 0 aliphatic rings. The molecule has 0 saturated heterocycles. The summed E-state index contributed by atoms with van der Waals surface area (Å²) in [7, 11) is 0. The van der Waals surface area contributed by atoms with E-state index in [0.29, 0.717) is 53.5 Å². The molecular weight excluding hydrogens is 338 g/mol.